The molecule has 1 aromatic rings. The van der Waals surface area contributed by atoms with Gasteiger partial charge in [-0.05, 0) is 37.5 Å². The van der Waals surface area contributed by atoms with Crippen molar-refractivity contribution in [2.24, 2.45) is 0 Å². The van der Waals surface area contributed by atoms with E-state index in [1.165, 1.54) is 24.0 Å². The van der Waals surface area contributed by atoms with Gasteiger partial charge >= 0.3 is 0 Å². The van der Waals surface area contributed by atoms with Gasteiger partial charge in [0.15, 0.2) is 0 Å². The molecule has 2 heteroatoms. The molecule has 2 nitrogen and oxygen atoms in total. The van der Waals surface area contributed by atoms with Gasteiger partial charge in [-0.3, -0.25) is 0 Å². The molecule has 0 atom stereocenters. The Morgan fingerprint density at radius 1 is 1.38 bits per heavy atom. The summed E-state index contributed by atoms with van der Waals surface area (Å²) in [4.78, 5) is 0. The summed E-state index contributed by atoms with van der Waals surface area (Å²) in [5.41, 5.74) is 2.60. The first kappa shape index (κ1) is 11.2. The summed E-state index contributed by atoms with van der Waals surface area (Å²) >= 11 is 0. The maximum Gasteiger partial charge on any atom is 0.118 e. The molecule has 0 unspecified atom stereocenters. The van der Waals surface area contributed by atoms with Crippen molar-refractivity contribution >= 4 is 6.08 Å². The van der Waals surface area contributed by atoms with E-state index < -0.39 is 0 Å². The van der Waals surface area contributed by atoms with Crippen molar-refractivity contribution < 1.29 is 4.74 Å². The SMILES string of the molecule is COc1ccc(C=C(C)CNC2CC2)cc1. The van der Waals surface area contributed by atoms with Crippen LogP contribution in [-0.2, 0) is 0 Å². The molecule has 0 bridgehead atoms. The standard InChI is InChI=1S/C14H19NO/c1-11(10-15-13-5-6-13)9-12-3-7-14(16-2)8-4-12/h3-4,7-9,13,15H,5-6,10H2,1-2H3. The van der Waals surface area contributed by atoms with Crippen LogP contribution in [0, 0.1) is 0 Å². The number of benzene rings is 1. The van der Waals surface area contributed by atoms with Gasteiger partial charge in [0.05, 0.1) is 7.11 Å². The summed E-state index contributed by atoms with van der Waals surface area (Å²) < 4.78 is 5.13. The van der Waals surface area contributed by atoms with Crippen LogP contribution in [0.25, 0.3) is 6.08 Å². The highest BCUT2D eigenvalue weighted by molar-refractivity contribution is 5.53. The van der Waals surface area contributed by atoms with Crippen molar-refractivity contribution in [1.29, 1.82) is 0 Å². The lowest BCUT2D eigenvalue weighted by molar-refractivity contribution is 0.415. The molecule has 1 aromatic carbocycles. The molecule has 1 aliphatic carbocycles. The molecule has 0 heterocycles. The van der Waals surface area contributed by atoms with Gasteiger partial charge in [-0.15, -0.1) is 0 Å². The maximum absolute atomic E-state index is 5.13. The van der Waals surface area contributed by atoms with E-state index in [1.54, 1.807) is 7.11 Å². The Labute approximate surface area is 97.3 Å². The van der Waals surface area contributed by atoms with Crippen LogP contribution in [0.2, 0.25) is 0 Å². The van der Waals surface area contributed by atoms with Crippen LogP contribution in [0.15, 0.2) is 29.8 Å². The highest BCUT2D eigenvalue weighted by Crippen LogP contribution is 2.19. The van der Waals surface area contributed by atoms with E-state index in [4.69, 9.17) is 4.74 Å². The second kappa shape index (κ2) is 5.17. The fourth-order valence-corrected chi connectivity index (χ4v) is 1.63. The lowest BCUT2D eigenvalue weighted by atomic mass is 10.1. The fraction of sp³-hybridized carbons (Fsp3) is 0.429. The van der Waals surface area contributed by atoms with Gasteiger partial charge in [-0.25, -0.2) is 0 Å². The van der Waals surface area contributed by atoms with Crippen molar-refractivity contribution in [3.05, 3.63) is 35.4 Å². The summed E-state index contributed by atoms with van der Waals surface area (Å²) in [6, 6.07) is 8.93. The number of nitrogens with one attached hydrogen (secondary N) is 1. The van der Waals surface area contributed by atoms with Crippen molar-refractivity contribution in [2.45, 2.75) is 25.8 Å². The fourth-order valence-electron chi connectivity index (χ4n) is 1.63. The molecular formula is C14H19NO. The number of rotatable bonds is 5. The number of methoxy groups -OCH3 is 1. The minimum absolute atomic E-state index is 0.777. The summed E-state index contributed by atoms with van der Waals surface area (Å²) in [5.74, 6) is 0.908. The first-order valence-corrected chi connectivity index (χ1v) is 5.82. The van der Waals surface area contributed by atoms with Gasteiger partial charge in [0.25, 0.3) is 0 Å². The number of ether oxygens (including phenoxy) is 1. The number of hydrogen-bond acceptors (Lipinski definition) is 2. The zero-order valence-corrected chi connectivity index (χ0v) is 9.99. The minimum atomic E-state index is 0.777. The summed E-state index contributed by atoms with van der Waals surface area (Å²) in [5, 5.41) is 3.51. The highest BCUT2D eigenvalue weighted by Gasteiger charge is 2.19. The van der Waals surface area contributed by atoms with Gasteiger partial charge in [0, 0.05) is 12.6 Å². The van der Waals surface area contributed by atoms with Gasteiger partial charge in [0.1, 0.15) is 5.75 Å². The quantitative estimate of drug-likeness (QED) is 0.819. The van der Waals surface area contributed by atoms with E-state index in [0.29, 0.717) is 0 Å². The Hall–Kier alpha value is -1.28. The second-order valence-electron chi connectivity index (χ2n) is 4.42. The van der Waals surface area contributed by atoms with Gasteiger partial charge < -0.3 is 10.1 Å². The zero-order chi connectivity index (χ0) is 11.4. The lowest BCUT2D eigenvalue weighted by Crippen LogP contribution is -2.18. The molecule has 0 saturated heterocycles. The molecule has 86 valence electrons. The Kier molecular flexibility index (Phi) is 3.62. The van der Waals surface area contributed by atoms with Gasteiger partial charge in [-0.2, -0.15) is 0 Å². The summed E-state index contributed by atoms with van der Waals surface area (Å²) in [7, 11) is 1.69. The first-order chi connectivity index (χ1) is 7.78. The minimum Gasteiger partial charge on any atom is -0.497 e. The molecule has 1 aliphatic rings. The highest BCUT2D eigenvalue weighted by atomic mass is 16.5. The molecule has 16 heavy (non-hydrogen) atoms. The molecule has 0 aliphatic heterocycles. The second-order valence-corrected chi connectivity index (χ2v) is 4.42. The Morgan fingerprint density at radius 2 is 2.06 bits per heavy atom. The van der Waals surface area contributed by atoms with E-state index in [0.717, 1.165) is 18.3 Å². The van der Waals surface area contributed by atoms with Gasteiger partial charge in [0.2, 0.25) is 0 Å². The zero-order valence-electron chi connectivity index (χ0n) is 9.99. The predicted octanol–water partition coefficient (Wildman–Crippen LogP) is 2.85. The summed E-state index contributed by atoms with van der Waals surface area (Å²) in [6.45, 7) is 3.16. The number of hydrogen-bond donors (Lipinski definition) is 1. The topological polar surface area (TPSA) is 21.3 Å². The predicted molar refractivity (Wildman–Crippen MR) is 67.7 cm³/mol. The van der Waals surface area contributed by atoms with Crippen LogP contribution >= 0.6 is 0 Å². The van der Waals surface area contributed by atoms with Crippen molar-refractivity contribution in [2.75, 3.05) is 13.7 Å². The summed E-state index contributed by atoms with van der Waals surface area (Å²) in [6.07, 6.45) is 4.90. The maximum atomic E-state index is 5.13. The Morgan fingerprint density at radius 3 is 2.62 bits per heavy atom. The third-order valence-electron chi connectivity index (χ3n) is 2.78. The Bertz CT molecular complexity index is 363. The average Bonchev–Trinajstić information content (AvgIpc) is 3.11. The van der Waals surface area contributed by atoms with E-state index in [1.807, 2.05) is 12.1 Å². The van der Waals surface area contributed by atoms with Crippen LogP contribution in [0.3, 0.4) is 0 Å². The van der Waals surface area contributed by atoms with E-state index in [-0.39, 0.29) is 0 Å². The molecular weight excluding hydrogens is 198 g/mol. The molecule has 1 fully saturated rings. The van der Waals surface area contributed by atoms with Crippen LogP contribution in [0.4, 0.5) is 0 Å². The van der Waals surface area contributed by atoms with Crippen LogP contribution < -0.4 is 10.1 Å². The van der Waals surface area contributed by atoms with Crippen LogP contribution in [0.1, 0.15) is 25.3 Å². The molecule has 1 saturated carbocycles. The lowest BCUT2D eigenvalue weighted by Gasteiger charge is -2.04. The van der Waals surface area contributed by atoms with Crippen LogP contribution in [0.5, 0.6) is 5.75 Å². The van der Waals surface area contributed by atoms with Crippen molar-refractivity contribution in [1.82, 2.24) is 5.32 Å². The van der Waals surface area contributed by atoms with Crippen LogP contribution in [-0.4, -0.2) is 19.7 Å². The molecule has 0 aromatic heterocycles. The monoisotopic (exact) mass is 217 g/mol. The van der Waals surface area contributed by atoms with E-state index >= 15 is 0 Å². The van der Waals surface area contributed by atoms with Crippen molar-refractivity contribution in [3.63, 3.8) is 0 Å². The van der Waals surface area contributed by atoms with Crippen molar-refractivity contribution in [3.8, 4) is 5.75 Å². The molecule has 1 N–H and O–H groups in total. The normalized spacial score (nSPS) is 16.2. The molecule has 0 radical (unpaired) electrons. The van der Waals surface area contributed by atoms with E-state index in [2.05, 4.69) is 30.4 Å². The largest absolute Gasteiger partial charge is 0.497 e. The first-order valence-electron chi connectivity index (χ1n) is 5.82. The van der Waals surface area contributed by atoms with Gasteiger partial charge in [-0.1, -0.05) is 23.8 Å². The molecule has 0 spiro atoms. The molecule has 2 rings (SSSR count). The average molecular weight is 217 g/mol. The Balaban J connectivity index is 1.91. The third kappa shape index (κ3) is 3.38. The third-order valence-corrected chi connectivity index (χ3v) is 2.78. The smallest absolute Gasteiger partial charge is 0.118 e. The van der Waals surface area contributed by atoms with E-state index in [9.17, 15) is 0 Å². The molecule has 0 amide bonds.